The largest absolute Gasteiger partial charge is 0.370 e. The summed E-state index contributed by atoms with van der Waals surface area (Å²) in [6.45, 7) is 15.1. The van der Waals surface area contributed by atoms with Gasteiger partial charge in [0.05, 0.1) is 5.69 Å². The van der Waals surface area contributed by atoms with E-state index >= 15 is 0 Å². The molecule has 20 heavy (non-hydrogen) atoms. The second-order valence-corrected chi connectivity index (χ2v) is 6.24. The predicted molar refractivity (Wildman–Crippen MR) is 82.6 cm³/mol. The van der Waals surface area contributed by atoms with Gasteiger partial charge in [-0.15, -0.1) is 0 Å². The number of rotatable bonds is 7. The Kier molecular flexibility index (Phi) is 6.56. The Morgan fingerprint density at radius 2 is 1.95 bits per heavy atom. The first-order valence-electron chi connectivity index (χ1n) is 7.55. The molecule has 1 unspecified atom stereocenters. The Balaban J connectivity index is 2.97. The molecule has 114 valence electrons. The van der Waals surface area contributed by atoms with Crippen LogP contribution in [0, 0.1) is 12.3 Å². The molecule has 0 aliphatic heterocycles. The van der Waals surface area contributed by atoms with E-state index in [-0.39, 0.29) is 11.5 Å². The second-order valence-electron chi connectivity index (χ2n) is 6.24. The minimum atomic E-state index is -0.0719. The fourth-order valence-electron chi connectivity index (χ4n) is 2.14. The Labute approximate surface area is 123 Å². The van der Waals surface area contributed by atoms with Crippen molar-refractivity contribution in [2.24, 2.45) is 5.41 Å². The van der Waals surface area contributed by atoms with Gasteiger partial charge in [0.1, 0.15) is 6.10 Å². The van der Waals surface area contributed by atoms with Crippen LogP contribution in [0.25, 0.3) is 0 Å². The average Bonchev–Trinajstić information content (AvgIpc) is 2.34. The highest BCUT2D eigenvalue weighted by Gasteiger charge is 2.29. The lowest BCUT2D eigenvalue weighted by Gasteiger charge is -2.29. The van der Waals surface area contributed by atoms with E-state index in [1.165, 1.54) is 0 Å². The maximum Gasteiger partial charge on any atom is 0.158 e. The SMILES string of the molecule is CCCNCc1cc(C)nc(C(OCC)C(C)(C)C)n1. The smallest absolute Gasteiger partial charge is 0.158 e. The van der Waals surface area contributed by atoms with Crippen LogP contribution in [0.1, 0.15) is 64.4 Å². The molecule has 4 heteroatoms. The van der Waals surface area contributed by atoms with Crippen molar-refractivity contribution in [3.63, 3.8) is 0 Å². The summed E-state index contributed by atoms with van der Waals surface area (Å²) >= 11 is 0. The van der Waals surface area contributed by atoms with Gasteiger partial charge in [-0.05, 0) is 38.3 Å². The zero-order valence-corrected chi connectivity index (χ0v) is 13.8. The van der Waals surface area contributed by atoms with Gasteiger partial charge in [-0.3, -0.25) is 0 Å². The molecule has 0 radical (unpaired) electrons. The van der Waals surface area contributed by atoms with Crippen LogP contribution in [0.2, 0.25) is 0 Å². The Bertz CT molecular complexity index is 413. The second kappa shape index (κ2) is 7.70. The molecule has 1 rings (SSSR count). The van der Waals surface area contributed by atoms with Crippen molar-refractivity contribution >= 4 is 0 Å². The van der Waals surface area contributed by atoms with Crippen molar-refractivity contribution in [1.82, 2.24) is 15.3 Å². The fraction of sp³-hybridized carbons (Fsp3) is 0.750. The van der Waals surface area contributed by atoms with Crippen LogP contribution in [0.3, 0.4) is 0 Å². The molecule has 1 atom stereocenters. The molecule has 0 fully saturated rings. The van der Waals surface area contributed by atoms with Crippen LogP contribution < -0.4 is 5.32 Å². The molecule has 0 saturated carbocycles. The number of nitrogens with one attached hydrogen (secondary N) is 1. The Morgan fingerprint density at radius 3 is 2.50 bits per heavy atom. The molecule has 0 aliphatic carbocycles. The van der Waals surface area contributed by atoms with Gasteiger partial charge in [-0.1, -0.05) is 27.7 Å². The molecule has 0 amide bonds. The summed E-state index contributed by atoms with van der Waals surface area (Å²) in [6, 6.07) is 2.04. The van der Waals surface area contributed by atoms with Crippen LogP contribution in [-0.2, 0) is 11.3 Å². The van der Waals surface area contributed by atoms with E-state index < -0.39 is 0 Å². The van der Waals surface area contributed by atoms with Crippen LogP contribution in [-0.4, -0.2) is 23.1 Å². The predicted octanol–water partition coefficient (Wildman–Crippen LogP) is 3.41. The summed E-state index contributed by atoms with van der Waals surface area (Å²) in [5.41, 5.74) is 2.02. The van der Waals surface area contributed by atoms with E-state index in [1.54, 1.807) is 0 Å². The van der Waals surface area contributed by atoms with Crippen molar-refractivity contribution in [2.45, 2.75) is 60.6 Å². The summed E-state index contributed by atoms with van der Waals surface area (Å²) in [4.78, 5) is 9.28. The molecule has 0 aromatic carbocycles. The number of aryl methyl sites for hydroxylation is 1. The molecule has 1 aromatic heterocycles. The molecule has 1 heterocycles. The van der Waals surface area contributed by atoms with E-state index in [9.17, 15) is 0 Å². The van der Waals surface area contributed by atoms with Crippen LogP contribution in [0.4, 0.5) is 0 Å². The third-order valence-corrected chi connectivity index (χ3v) is 3.01. The Morgan fingerprint density at radius 1 is 1.25 bits per heavy atom. The van der Waals surface area contributed by atoms with E-state index in [0.717, 1.165) is 36.7 Å². The third kappa shape index (κ3) is 5.17. The van der Waals surface area contributed by atoms with Crippen LogP contribution in [0.15, 0.2) is 6.07 Å². The normalized spacial score (nSPS) is 13.5. The molecule has 1 N–H and O–H groups in total. The first kappa shape index (κ1) is 17.1. The highest BCUT2D eigenvalue weighted by Crippen LogP contribution is 2.34. The summed E-state index contributed by atoms with van der Waals surface area (Å²) < 4.78 is 5.88. The molecule has 4 nitrogen and oxygen atoms in total. The maximum atomic E-state index is 5.88. The molecule has 0 aliphatic rings. The lowest BCUT2D eigenvalue weighted by molar-refractivity contribution is -0.0193. The van der Waals surface area contributed by atoms with Gasteiger partial charge in [0.15, 0.2) is 5.82 Å². The van der Waals surface area contributed by atoms with Crippen molar-refractivity contribution in [1.29, 1.82) is 0 Å². The molecule has 0 bridgehead atoms. The molecule has 1 aromatic rings. The Hall–Kier alpha value is -1.00. The summed E-state index contributed by atoms with van der Waals surface area (Å²) in [5, 5.41) is 3.38. The highest BCUT2D eigenvalue weighted by molar-refractivity contribution is 5.12. The maximum absolute atomic E-state index is 5.88. The molecular weight excluding hydrogens is 250 g/mol. The lowest BCUT2D eigenvalue weighted by atomic mass is 9.88. The van der Waals surface area contributed by atoms with Gasteiger partial charge < -0.3 is 10.1 Å². The minimum absolute atomic E-state index is 0.0160. The molecule has 0 spiro atoms. The fourth-order valence-corrected chi connectivity index (χ4v) is 2.14. The van der Waals surface area contributed by atoms with E-state index in [1.807, 2.05) is 19.9 Å². The van der Waals surface area contributed by atoms with Gasteiger partial charge >= 0.3 is 0 Å². The van der Waals surface area contributed by atoms with Gasteiger partial charge in [0.2, 0.25) is 0 Å². The highest BCUT2D eigenvalue weighted by atomic mass is 16.5. The number of nitrogens with zero attached hydrogens (tertiary/aromatic N) is 2. The first-order chi connectivity index (χ1) is 9.38. The van der Waals surface area contributed by atoms with Gasteiger partial charge in [0.25, 0.3) is 0 Å². The van der Waals surface area contributed by atoms with Crippen molar-refractivity contribution in [3.8, 4) is 0 Å². The average molecular weight is 279 g/mol. The standard InChI is InChI=1S/C16H29N3O/c1-7-9-17-11-13-10-12(3)18-15(19-13)14(20-8-2)16(4,5)6/h10,14,17H,7-9,11H2,1-6H3. The summed E-state index contributed by atoms with van der Waals surface area (Å²) in [5.74, 6) is 0.799. The van der Waals surface area contributed by atoms with E-state index in [0.29, 0.717) is 6.61 Å². The number of ether oxygens (including phenoxy) is 1. The number of hydrogen-bond acceptors (Lipinski definition) is 4. The van der Waals surface area contributed by atoms with E-state index in [2.05, 4.69) is 38.0 Å². The quantitative estimate of drug-likeness (QED) is 0.777. The lowest BCUT2D eigenvalue weighted by Crippen LogP contribution is -2.25. The monoisotopic (exact) mass is 279 g/mol. The minimum Gasteiger partial charge on any atom is -0.370 e. The van der Waals surface area contributed by atoms with Crippen LogP contribution >= 0.6 is 0 Å². The van der Waals surface area contributed by atoms with Gasteiger partial charge in [-0.2, -0.15) is 0 Å². The topological polar surface area (TPSA) is 47.0 Å². The zero-order chi connectivity index (χ0) is 15.2. The van der Waals surface area contributed by atoms with Crippen molar-refractivity contribution < 1.29 is 4.74 Å². The summed E-state index contributed by atoms with van der Waals surface area (Å²) in [7, 11) is 0. The molecular formula is C16H29N3O. The number of aromatic nitrogens is 2. The van der Waals surface area contributed by atoms with Gasteiger partial charge in [-0.25, -0.2) is 9.97 Å². The van der Waals surface area contributed by atoms with Crippen LogP contribution in [0.5, 0.6) is 0 Å². The van der Waals surface area contributed by atoms with Gasteiger partial charge in [0, 0.05) is 18.8 Å². The summed E-state index contributed by atoms with van der Waals surface area (Å²) in [6.07, 6.45) is 1.05. The van der Waals surface area contributed by atoms with E-state index in [4.69, 9.17) is 9.72 Å². The third-order valence-electron chi connectivity index (χ3n) is 3.01. The molecule has 0 saturated heterocycles. The first-order valence-corrected chi connectivity index (χ1v) is 7.55. The van der Waals surface area contributed by atoms with Crippen molar-refractivity contribution in [2.75, 3.05) is 13.2 Å². The van der Waals surface area contributed by atoms with Crippen molar-refractivity contribution in [3.05, 3.63) is 23.3 Å². The zero-order valence-electron chi connectivity index (χ0n) is 13.8. The number of hydrogen-bond donors (Lipinski definition) is 1.